The summed E-state index contributed by atoms with van der Waals surface area (Å²) in [6.45, 7) is 0.384. The standard InChI is InChI=1S/C15H17N5O2/c1-18-10-17-13-12(18)14(21)20(15(22)19(13)2)9-3-4-11-5-7-16-8-6-11/h5-8,10H,3-4,9H2,1-2H3. The number of hydrogen-bond acceptors (Lipinski definition) is 4. The highest BCUT2D eigenvalue weighted by molar-refractivity contribution is 5.69. The first-order valence-electron chi connectivity index (χ1n) is 7.09. The Labute approximate surface area is 126 Å². The van der Waals surface area contributed by atoms with Crippen molar-refractivity contribution in [3.8, 4) is 0 Å². The van der Waals surface area contributed by atoms with Gasteiger partial charge in [0.25, 0.3) is 5.56 Å². The molecule has 0 atom stereocenters. The summed E-state index contributed by atoms with van der Waals surface area (Å²) in [5.74, 6) is 0. The molecule has 7 heteroatoms. The van der Waals surface area contributed by atoms with Crippen molar-refractivity contribution < 1.29 is 0 Å². The van der Waals surface area contributed by atoms with Crippen molar-refractivity contribution in [3.05, 3.63) is 57.3 Å². The highest BCUT2D eigenvalue weighted by Crippen LogP contribution is 2.04. The molecule has 0 bridgehead atoms. The molecule has 0 amide bonds. The molecule has 3 aromatic rings. The molecule has 0 aliphatic rings. The molecule has 0 fully saturated rings. The second kappa shape index (κ2) is 5.59. The van der Waals surface area contributed by atoms with Crippen molar-refractivity contribution in [3.63, 3.8) is 0 Å². The van der Waals surface area contributed by atoms with E-state index in [-0.39, 0.29) is 11.2 Å². The van der Waals surface area contributed by atoms with E-state index in [9.17, 15) is 9.59 Å². The molecule has 0 unspecified atom stereocenters. The van der Waals surface area contributed by atoms with Crippen LogP contribution in [0.5, 0.6) is 0 Å². The van der Waals surface area contributed by atoms with Crippen LogP contribution in [-0.4, -0.2) is 23.7 Å². The fraction of sp³-hybridized carbons (Fsp3) is 0.333. The average Bonchev–Trinajstić information content (AvgIpc) is 2.91. The summed E-state index contributed by atoms with van der Waals surface area (Å²) in [5, 5.41) is 0. The number of hydrogen-bond donors (Lipinski definition) is 0. The minimum atomic E-state index is -0.328. The Kier molecular flexibility index (Phi) is 3.62. The summed E-state index contributed by atoms with van der Waals surface area (Å²) in [7, 11) is 3.39. The SMILES string of the molecule is Cn1cnc2c1c(=O)n(CCCc1ccncc1)c(=O)n2C. The predicted molar refractivity (Wildman–Crippen MR) is 82.8 cm³/mol. The molecular formula is C15H17N5O2. The minimum absolute atomic E-state index is 0.284. The Bertz CT molecular complexity index is 921. The van der Waals surface area contributed by atoms with E-state index in [1.165, 1.54) is 9.13 Å². The molecule has 0 saturated heterocycles. The van der Waals surface area contributed by atoms with E-state index in [1.807, 2.05) is 12.1 Å². The molecule has 3 aromatic heterocycles. The van der Waals surface area contributed by atoms with E-state index in [2.05, 4.69) is 9.97 Å². The molecule has 0 aliphatic carbocycles. The molecule has 22 heavy (non-hydrogen) atoms. The number of nitrogens with zero attached hydrogens (tertiary/aromatic N) is 5. The zero-order valence-electron chi connectivity index (χ0n) is 12.6. The van der Waals surface area contributed by atoms with Crippen molar-refractivity contribution in [1.29, 1.82) is 0 Å². The molecule has 3 rings (SSSR count). The number of aryl methyl sites for hydroxylation is 3. The summed E-state index contributed by atoms with van der Waals surface area (Å²) in [6.07, 6.45) is 6.53. The topological polar surface area (TPSA) is 74.7 Å². The lowest BCUT2D eigenvalue weighted by Crippen LogP contribution is -2.39. The van der Waals surface area contributed by atoms with E-state index in [1.54, 1.807) is 37.4 Å². The zero-order valence-corrected chi connectivity index (χ0v) is 12.6. The van der Waals surface area contributed by atoms with E-state index < -0.39 is 0 Å². The van der Waals surface area contributed by atoms with E-state index in [0.29, 0.717) is 24.1 Å². The van der Waals surface area contributed by atoms with Crippen LogP contribution in [0, 0.1) is 0 Å². The van der Waals surface area contributed by atoms with Crippen LogP contribution < -0.4 is 11.2 Å². The van der Waals surface area contributed by atoms with Gasteiger partial charge in [0, 0.05) is 33.0 Å². The van der Waals surface area contributed by atoms with E-state index in [4.69, 9.17) is 0 Å². The smallest absolute Gasteiger partial charge is 0.328 e. The van der Waals surface area contributed by atoms with Gasteiger partial charge in [0.15, 0.2) is 11.2 Å². The number of pyridine rings is 1. The van der Waals surface area contributed by atoms with E-state index >= 15 is 0 Å². The number of rotatable bonds is 4. The predicted octanol–water partition coefficient (Wildman–Crippen LogP) is 0.461. The van der Waals surface area contributed by atoms with Crippen LogP contribution in [0.1, 0.15) is 12.0 Å². The molecule has 114 valence electrons. The van der Waals surface area contributed by atoms with Crippen molar-refractivity contribution >= 4 is 11.2 Å². The third kappa shape index (κ3) is 2.34. The first-order valence-corrected chi connectivity index (χ1v) is 7.09. The molecule has 0 spiro atoms. The second-order valence-electron chi connectivity index (χ2n) is 5.29. The van der Waals surface area contributed by atoms with E-state index in [0.717, 1.165) is 12.0 Å². The Morgan fingerprint density at radius 3 is 2.59 bits per heavy atom. The number of imidazole rings is 1. The maximum Gasteiger partial charge on any atom is 0.332 e. The minimum Gasteiger partial charge on any atom is -0.328 e. The molecule has 0 saturated carbocycles. The van der Waals surface area contributed by atoms with Gasteiger partial charge in [-0.05, 0) is 30.5 Å². The van der Waals surface area contributed by atoms with Crippen LogP contribution >= 0.6 is 0 Å². The van der Waals surface area contributed by atoms with Gasteiger partial charge in [0.2, 0.25) is 0 Å². The van der Waals surface area contributed by atoms with Crippen LogP contribution in [0.25, 0.3) is 11.2 Å². The van der Waals surface area contributed by atoms with Gasteiger partial charge in [-0.25, -0.2) is 9.78 Å². The van der Waals surface area contributed by atoms with Crippen molar-refractivity contribution in [2.75, 3.05) is 0 Å². The maximum absolute atomic E-state index is 12.5. The largest absolute Gasteiger partial charge is 0.332 e. The second-order valence-corrected chi connectivity index (χ2v) is 5.29. The van der Waals surface area contributed by atoms with Gasteiger partial charge < -0.3 is 4.57 Å². The van der Waals surface area contributed by atoms with Gasteiger partial charge in [-0.3, -0.25) is 18.9 Å². The van der Waals surface area contributed by atoms with Gasteiger partial charge >= 0.3 is 5.69 Å². The summed E-state index contributed by atoms with van der Waals surface area (Å²) in [4.78, 5) is 32.9. The molecule has 0 aromatic carbocycles. The Balaban J connectivity index is 1.92. The zero-order chi connectivity index (χ0) is 15.7. The molecule has 0 N–H and O–H groups in total. The Morgan fingerprint density at radius 1 is 1.14 bits per heavy atom. The summed E-state index contributed by atoms with van der Waals surface area (Å²) in [5.41, 5.74) is 1.40. The van der Waals surface area contributed by atoms with Gasteiger partial charge in [-0.15, -0.1) is 0 Å². The third-order valence-corrected chi connectivity index (χ3v) is 3.80. The molecule has 0 radical (unpaired) electrons. The summed E-state index contributed by atoms with van der Waals surface area (Å²) < 4.78 is 4.35. The van der Waals surface area contributed by atoms with Crippen molar-refractivity contribution in [2.24, 2.45) is 14.1 Å². The lowest BCUT2D eigenvalue weighted by Gasteiger charge is -2.08. The molecule has 7 nitrogen and oxygen atoms in total. The summed E-state index contributed by atoms with van der Waals surface area (Å²) in [6, 6.07) is 3.87. The highest BCUT2D eigenvalue weighted by atomic mass is 16.2. The monoisotopic (exact) mass is 299 g/mol. The van der Waals surface area contributed by atoms with Crippen LogP contribution in [0.15, 0.2) is 40.4 Å². The molecule has 0 aliphatic heterocycles. The quantitative estimate of drug-likeness (QED) is 0.701. The molecule has 3 heterocycles. The first-order chi connectivity index (χ1) is 10.6. The van der Waals surface area contributed by atoms with Crippen molar-refractivity contribution in [1.82, 2.24) is 23.7 Å². The van der Waals surface area contributed by atoms with Crippen LogP contribution in [0.3, 0.4) is 0 Å². The highest BCUT2D eigenvalue weighted by Gasteiger charge is 2.14. The summed E-state index contributed by atoms with van der Waals surface area (Å²) >= 11 is 0. The maximum atomic E-state index is 12.5. The van der Waals surface area contributed by atoms with Gasteiger partial charge in [-0.2, -0.15) is 0 Å². The van der Waals surface area contributed by atoms with Gasteiger partial charge in [0.05, 0.1) is 6.33 Å². The van der Waals surface area contributed by atoms with Gasteiger partial charge in [-0.1, -0.05) is 0 Å². The Morgan fingerprint density at radius 2 is 1.86 bits per heavy atom. The normalized spacial score (nSPS) is 11.2. The van der Waals surface area contributed by atoms with Crippen LogP contribution in [0.4, 0.5) is 0 Å². The van der Waals surface area contributed by atoms with Crippen LogP contribution in [-0.2, 0) is 27.1 Å². The number of aromatic nitrogens is 5. The first kappa shape index (κ1) is 14.2. The number of fused-ring (bicyclic) bond motifs is 1. The lowest BCUT2D eigenvalue weighted by molar-refractivity contribution is 0.571. The van der Waals surface area contributed by atoms with Crippen LogP contribution in [0.2, 0.25) is 0 Å². The average molecular weight is 299 g/mol. The fourth-order valence-corrected chi connectivity index (χ4v) is 2.58. The van der Waals surface area contributed by atoms with Gasteiger partial charge in [0.1, 0.15) is 0 Å². The van der Waals surface area contributed by atoms with Crippen molar-refractivity contribution in [2.45, 2.75) is 19.4 Å². The Hall–Kier alpha value is -2.70. The molecular weight excluding hydrogens is 282 g/mol. The fourth-order valence-electron chi connectivity index (χ4n) is 2.58. The lowest BCUT2D eigenvalue weighted by atomic mass is 10.1. The third-order valence-electron chi connectivity index (χ3n) is 3.80.